The molecule has 0 aliphatic carbocycles. The summed E-state index contributed by atoms with van der Waals surface area (Å²) in [5.41, 5.74) is 1.19. The predicted octanol–water partition coefficient (Wildman–Crippen LogP) is 1.96. The van der Waals surface area contributed by atoms with Crippen LogP contribution >= 0.6 is 15.9 Å². The van der Waals surface area contributed by atoms with Crippen molar-refractivity contribution in [1.82, 2.24) is 15.1 Å². The average Bonchev–Trinajstić information content (AvgIpc) is 2.60. The Morgan fingerprint density at radius 2 is 2.40 bits per heavy atom. The van der Waals surface area contributed by atoms with Crippen LogP contribution in [0.1, 0.15) is 25.1 Å². The second-order valence-electron chi connectivity index (χ2n) is 3.34. The summed E-state index contributed by atoms with van der Waals surface area (Å²) in [6.45, 7) is 3.62. The van der Waals surface area contributed by atoms with Crippen LogP contribution in [0.5, 0.6) is 0 Å². The molecule has 0 saturated carbocycles. The summed E-state index contributed by atoms with van der Waals surface area (Å²) in [7, 11) is 3.67. The van der Waals surface area contributed by atoms with Crippen molar-refractivity contribution in [2.75, 3.05) is 20.8 Å². The molecule has 1 unspecified atom stereocenters. The highest BCUT2D eigenvalue weighted by atomic mass is 79.9. The first-order valence-electron chi connectivity index (χ1n) is 5.12. The van der Waals surface area contributed by atoms with Crippen LogP contribution in [-0.2, 0) is 11.3 Å². The van der Waals surface area contributed by atoms with Crippen molar-refractivity contribution < 1.29 is 4.74 Å². The largest absolute Gasteiger partial charge is 0.383 e. The van der Waals surface area contributed by atoms with E-state index in [1.807, 2.05) is 17.9 Å². The van der Waals surface area contributed by atoms with Crippen LogP contribution in [-0.4, -0.2) is 30.5 Å². The first kappa shape index (κ1) is 12.7. The Labute approximate surface area is 99.1 Å². The first-order valence-corrected chi connectivity index (χ1v) is 5.91. The van der Waals surface area contributed by atoms with Crippen molar-refractivity contribution in [1.29, 1.82) is 0 Å². The molecule has 0 aliphatic heterocycles. The molecule has 1 heterocycles. The van der Waals surface area contributed by atoms with E-state index in [0.717, 1.165) is 17.4 Å². The minimum atomic E-state index is 0.332. The molecule has 4 nitrogen and oxygen atoms in total. The zero-order chi connectivity index (χ0) is 11.3. The fourth-order valence-corrected chi connectivity index (χ4v) is 2.18. The number of ether oxygens (including phenoxy) is 1. The van der Waals surface area contributed by atoms with Gasteiger partial charge < -0.3 is 10.1 Å². The van der Waals surface area contributed by atoms with Gasteiger partial charge >= 0.3 is 0 Å². The second-order valence-corrected chi connectivity index (χ2v) is 4.20. The minimum absolute atomic E-state index is 0.332. The fraction of sp³-hybridized carbons (Fsp3) is 0.700. The Hall–Kier alpha value is -0.390. The molecule has 0 aliphatic rings. The molecule has 1 aromatic heterocycles. The molecule has 0 fully saturated rings. The molecular formula is C10H18BrN3O. The zero-order valence-electron chi connectivity index (χ0n) is 9.46. The Bertz CT molecular complexity index is 297. The van der Waals surface area contributed by atoms with E-state index in [-0.39, 0.29) is 0 Å². The van der Waals surface area contributed by atoms with E-state index in [0.29, 0.717) is 12.6 Å². The average molecular weight is 276 g/mol. The molecule has 1 N–H and O–H groups in total. The summed E-state index contributed by atoms with van der Waals surface area (Å²) in [5.74, 6) is 0. The number of nitrogens with one attached hydrogen (secondary N) is 1. The zero-order valence-corrected chi connectivity index (χ0v) is 11.0. The summed E-state index contributed by atoms with van der Waals surface area (Å²) in [6, 6.07) is 0.332. The normalized spacial score (nSPS) is 13.1. The molecule has 0 radical (unpaired) electrons. The van der Waals surface area contributed by atoms with Gasteiger partial charge in [0.1, 0.15) is 0 Å². The molecule has 0 spiro atoms. The maximum Gasteiger partial charge on any atom is 0.0696 e. The molecule has 0 saturated heterocycles. The van der Waals surface area contributed by atoms with Gasteiger partial charge in [-0.05, 0) is 29.4 Å². The Morgan fingerprint density at radius 1 is 1.67 bits per heavy atom. The molecular weight excluding hydrogens is 258 g/mol. The van der Waals surface area contributed by atoms with Crippen molar-refractivity contribution in [3.63, 3.8) is 0 Å². The number of hydrogen-bond donors (Lipinski definition) is 1. The van der Waals surface area contributed by atoms with E-state index in [1.165, 1.54) is 5.69 Å². The number of methoxy groups -OCH3 is 1. The fourth-order valence-electron chi connectivity index (χ4n) is 1.61. The third kappa shape index (κ3) is 3.03. The number of halogens is 1. The summed E-state index contributed by atoms with van der Waals surface area (Å²) in [6.07, 6.45) is 2.87. The van der Waals surface area contributed by atoms with Crippen LogP contribution in [0.15, 0.2) is 10.7 Å². The lowest BCUT2D eigenvalue weighted by molar-refractivity contribution is 0.181. The van der Waals surface area contributed by atoms with Gasteiger partial charge in [0.2, 0.25) is 0 Å². The van der Waals surface area contributed by atoms with Gasteiger partial charge in [-0.25, -0.2) is 0 Å². The topological polar surface area (TPSA) is 39.1 Å². The summed E-state index contributed by atoms with van der Waals surface area (Å²) < 4.78 is 8.10. The van der Waals surface area contributed by atoms with Gasteiger partial charge in [-0.15, -0.1) is 0 Å². The lowest BCUT2D eigenvalue weighted by atomic mass is 10.1. The lowest BCUT2D eigenvalue weighted by Crippen LogP contribution is -2.21. The van der Waals surface area contributed by atoms with Crippen LogP contribution in [0.4, 0.5) is 0 Å². The van der Waals surface area contributed by atoms with Gasteiger partial charge in [-0.1, -0.05) is 6.92 Å². The van der Waals surface area contributed by atoms with Crippen LogP contribution in [0, 0.1) is 0 Å². The van der Waals surface area contributed by atoms with Crippen molar-refractivity contribution >= 4 is 15.9 Å². The van der Waals surface area contributed by atoms with Crippen molar-refractivity contribution in [2.45, 2.75) is 25.9 Å². The molecule has 5 heteroatoms. The highest BCUT2D eigenvalue weighted by molar-refractivity contribution is 9.10. The second kappa shape index (κ2) is 6.25. The number of nitrogens with zero attached hydrogens (tertiary/aromatic N) is 2. The monoisotopic (exact) mass is 275 g/mol. The van der Waals surface area contributed by atoms with E-state index >= 15 is 0 Å². The smallest absolute Gasteiger partial charge is 0.0696 e. The maximum absolute atomic E-state index is 5.06. The quantitative estimate of drug-likeness (QED) is 0.863. The Balaban J connectivity index is 2.87. The van der Waals surface area contributed by atoms with E-state index in [2.05, 4.69) is 33.3 Å². The van der Waals surface area contributed by atoms with E-state index in [9.17, 15) is 0 Å². The van der Waals surface area contributed by atoms with Crippen LogP contribution in [0.2, 0.25) is 0 Å². The summed E-state index contributed by atoms with van der Waals surface area (Å²) in [4.78, 5) is 0. The van der Waals surface area contributed by atoms with Crippen molar-refractivity contribution in [3.05, 3.63) is 16.4 Å². The molecule has 0 amide bonds. The molecule has 15 heavy (non-hydrogen) atoms. The number of rotatable bonds is 6. The maximum atomic E-state index is 5.06. The lowest BCUT2D eigenvalue weighted by Gasteiger charge is -2.16. The van der Waals surface area contributed by atoms with Gasteiger partial charge in [0.05, 0.1) is 29.5 Å². The predicted molar refractivity (Wildman–Crippen MR) is 63.9 cm³/mol. The number of aromatic nitrogens is 2. The van der Waals surface area contributed by atoms with Crippen LogP contribution in [0.3, 0.4) is 0 Å². The molecule has 1 rings (SSSR count). The molecule has 86 valence electrons. The standard InChI is InChI=1S/C10H18BrN3O/c1-4-9(12-2)10-8(11)7-13-14(10)5-6-15-3/h7,9,12H,4-6H2,1-3H3. The Morgan fingerprint density at radius 3 is 2.93 bits per heavy atom. The van der Waals surface area contributed by atoms with Gasteiger partial charge in [0, 0.05) is 13.2 Å². The Kier molecular flexibility index (Phi) is 5.28. The van der Waals surface area contributed by atoms with E-state index in [4.69, 9.17) is 4.74 Å². The van der Waals surface area contributed by atoms with Gasteiger partial charge in [-0.3, -0.25) is 4.68 Å². The van der Waals surface area contributed by atoms with Crippen molar-refractivity contribution in [2.24, 2.45) is 0 Å². The molecule has 0 aromatic carbocycles. The SMILES string of the molecule is CCC(NC)c1c(Br)cnn1CCOC. The minimum Gasteiger partial charge on any atom is -0.383 e. The highest BCUT2D eigenvalue weighted by Gasteiger charge is 2.16. The third-order valence-electron chi connectivity index (χ3n) is 2.43. The summed E-state index contributed by atoms with van der Waals surface area (Å²) in [5, 5.41) is 7.60. The van der Waals surface area contributed by atoms with Crippen LogP contribution < -0.4 is 5.32 Å². The number of hydrogen-bond acceptors (Lipinski definition) is 3. The highest BCUT2D eigenvalue weighted by Crippen LogP contribution is 2.24. The molecule has 0 bridgehead atoms. The third-order valence-corrected chi connectivity index (χ3v) is 3.04. The first-order chi connectivity index (χ1) is 7.24. The van der Waals surface area contributed by atoms with Crippen molar-refractivity contribution in [3.8, 4) is 0 Å². The van der Waals surface area contributed by atoms with E-state index in [1.54, 1.807) is 7.11 Å². The molecule has 1 atom stereocenters. The van der Waals surface area contributed by atoms with Gasteiger partial charge in [0.15, 0.2) is 0 Å². The van der Waals surface area contributed by atoms with Gasteiger partial charge in [0.25, 0.3) is 0 Å². The molecule has 1 aromatic rings. The van der Waals surface area contributed by atoms with Gasteiger partial charge in [-0.2, -0.15) is 5.10 Å². The van der Waals surface area contributed by atoms with E-state index < -0.39 is 0 Å². The van der Waals surface area contributed by atoms with Crippen LogP contribution in [0.25, 0.3) is 0 Å². The summed E-state index contributed by atoms with van der Waals surface area (Å²) >= 11 is 3.53.